The summed E-state index contributed by atoms with van der Waals surface area (Å²) >= 11 is 0. The first-order chi connectivity index (χ1) is 11.3. The maximum atomic E-state index is 4.40. The fourth-order valence-corrected chi connectivity index (χ4v) is 4.48. The van der Waals surface area contributed by atoms with Gasteiger partial charge in [0.2, 0.25) is 0 Å². The van der Waals surface area contributed by atoms with Crippen LogP contribution in [-0.4, -0.2) is 0 Å². The van der Waals surface area contributed by atoms with Gasteiger partial charge in [-0.05, 0) is 47.4 Å². The summed E-state index contributed by atoms with van der Waals surface area (Å²) in [7, 11) is 0. The summed E-state index contributed by atoms with van der Waals surface area (Å²) < 4.78 is 0. The summed E-state index contributed by atoms with van der Waals surface area (Å²) in [6.45, 7) is 8.20. The summed E-state index contributed by atoms with van der Waals surface area (Å²) in [4.78, 5) is 0. The molecule has 23 heavy (non-hydrogen) atoms. The van der Waals surface area contributed by atoms with Crippen LogP contribution < -0.4 is 0 Å². The van der Waals surface area contributed by atoms with Crippen LogP contribution in [0.2, 0.25) is 0 Å². The van der Waals surface area contributed by atoms with Gasteiger partial charge in [0.05, 0.1) is 0 Å². The zero-order valence-electron chi connectivity index (χ0n) is 13.5. The molecule has 2 aliphatic rings. The monoisotopic (exact) mass is 298 g/mol. The van der Waals surface area contributed by atoms with Crippen LogP contribution in [0.3, 0.4) is 0 Å². The van der Waals surface area contributed by atoms with Crippen molar-refractivity contribution in [1.82, 2.24) is 0 Å². The quantitative estimate of drug-likeness (QED) is 0.605. The fourth-order valence-electron chi connectivity index (χ4n) is 4.48. The number of hydrogen-bond acceptors (Lipinski definition) is 0. The van der Waals surface area contributed by atoms with E-state index in [0.717, 1.165) is 19.3 Å². The summed E-state index contributed by atoms with van der Waals surface area (Å²) in [6.07, 6.45) is 9.64. The Morgan fingerprint density at radius 1 is 1.00 bits per heavy atom. The Kier molecular flexibility index (Phi) is 3.34. The second-order valence-corrected chi connectivity index (χ2v) is 6.77. The predicted molar refractivity (Wildman–Crippen MR) is 98.5 cm³/mol. The highest BCUT2D eigenvalue weighted by atomic mass is 14.5. The summed E-state index contributed by atoms with van der Waals surface area (Å²) in [5, 5.41) is 0. The first-order valence-electron chi connectivity index (χ1n) is 8.41. The van der Waals surface area contributed by atoms with Crippen LogP contribution in [-0.2, 0) is 5.41 Å². The van der Waals surface area contributed by atoms with E-state index in [1.165, 1.54) is 27.8 Å². The van der Waals surface area contributed by atoms with Crippen molar-refractivity contribution >= 4 is 0 Å². The van der Waals surface area contributed by atoms with Crippen molar-refractivity contribution in [2.75, 3.05) is 0 Å². The smallest absolute Gasteiger partial charge is 0.0261 e. The second-order valence-electron chi connectivity index (χ2n) is 6.77. The molecule has 0 aliphatic heterocycles. The van der Waals surface area contributed by atoms with Crippen LogP contribution in [0.15, 0.2) is 85.5 Å². The zero-order chi connectivity index (χ0) is 15.9. The topological polar surface area (TPSA) is 0 Å². The van der Waals surface area contributed by atoms with Crippen molar-refractivity contribution in [3.63, 3.8) is 0 Å². The lowest BCUT2D eigenvalue weighted by atomic mass is 9.76. The van der Waals surface area contributed by atoms with E-state index in [9.17, 15) is 0 Å². The minimum absolute atomic E-state index is 0.119. The van der Waals surface area contributed by atoms with Gasteiger partial charge in [0, 0.05) is 5.41 Å². The number of rotatable bonds is 3. The van der Waals surface area contributed by atoms with E-state index in [4.69, 9.17) is 0 Å². The third-order valence-electron chi connectivity index (χ3n) is 5.47. The molecule has 1 unspecified atom stereocenters. The Morgan fingerprint density at radius 2 is 1.61 bits per heavy atom. The van der Waals surface area contributed by atoms with Crippen molar-refractivity contribution in [2.45, 2.75) is 24.7 Å². The molecular weight excluding hydrogens is 276 g/mol. The molecule has 0 saturated heterocycles. The van der Waals surface area contributed by atoms with Crippen molar-refractivity contribution in [2.24, 2.45) is 5.92 Å². The van der Waals surface area contributed by atoms with Gasteiger partial charge in [0.25, 0.3) is 0 Å². The fraction of sp³-hybridized carbons (Fsp3) is 0.217. The molecule has 0 bridgehead atoms. The number of hydrogen-bond donors (Lipinski definition) is 0. The van der Waals surface area contributed by atoms with Gasteiger partial charge in [-0.3, -0.25) is 0 Å². The van der Waals surface area contributed by atoms with E-state index in [0.29, 0.717) is 5.92 Å². The molecule has 0 nitrogen and oxygen atoms in total. The minimum Gasteiger partial charge on any atom is -0.103 e. The lowest BCUT2D eigenvalue weighted by Crippen LogP contribution is -2.21. The first kappa shape index (κ1) is 14.3. The average molecular weight is 298 g/mol. The van der Waals surface area contributed by atoms with Crippen molar-refractivity contribution in [1.29, 1.82) is 0 Å². The maximum Gasteiger partial charge on any atom is 0.0261 e. The van der Waals surface area contributed by atoms with Gasteiger partial charge in [-0.15, -0.1) is 6.58 Å². The van der Waals surface area contributed by atoms with Gasteiger partial charge in [0.15, 0.2) is 0 Å². The molecule has 0 heteroatoms. The van der Waals surface area contributed by atoms with Crippen LogP contribution in [0.1, 0.15) is 30.4 Å². The zero-order valence-corrected chi connectivity index (χ0v) is 13.5. The Labute approximate surface area is 138 Å². The molecular formula is C23H22. The normalized spacial score (nSPS) is 20.9. The van der Waals surface area contributed by atoms with Gasteiger partial charge in [-0.1, -0.05) is 78.9 Å². The molecule has 0 N–H and O–H groups in total. The molecule has 2 aliphatic carbocycles. The Bertz CT molecular complexity index is 761. The van der Waals surface area contributed by atoms with Gasteiger partial charge in [0.1, 0.15) is 0 Å². The molecule has 114 valence electrons. The third kappa shape index (κ3) is 2.05. The highest BCUT2D eigenvalue weighted by Crippen LogP contribution is 2.59. The number of fused-ring (bicyclic) bond motifs is 5. The summed E-state index contributed by atoms with van der Waals surface area (Å²) in [5.41, 5.74) is 7.27. The van der Waals surface area contributed by atoms with E-state index in [1.54, 1.807) is 0 Å². The molecule has 1 atom stereocenters. The first-order valence-corrected chi connectivity index (χ1v) is 8.41. The van der Waals surface area contributed by atoms with E-state index >= 15 is 0 Å². The lowest BCUT2D eigenvalue weighted by Gasteiger charge is -2.26. The van der Waals surface area contributed by atoms with E-state index in [-0.39, 0.29) is 5.41 Å². The standard InChI is InChI=1S/C23H22/c1-3-4-5-10-18-16-23(15-17(18)2)21-13-8-6-11-19(21)20-12-7-9-14-22(20)23/h3,5-14,18H,1-2,4,15-16H2/b10-5+. The van der Waals surface area contributed by atoms with Gasteiger partial charge < -0.3 is 0 Å². The molecule has 1 saturated carbocycles. The molecule has 2 aromatic carbocycles. The number of allylic oxidation sites excluding steroid dienone is 4. The largest absolute Gasteiger partial charge is 0.103 e. The molecule has 1 spiro atoms. The number of benzene rings is 2. The lowest BCUT2D eigenvalue weighted by molar-refractivity contribution is 0.532. The average Bonchev–Trinajstić information content (AvgIpc) is 3.05. The molecule has 2 aromatic rings. The summed E-state index contributed by atoms with van der Waals surface area (Å²) in [6, 6.07) is 17.8. The molecule has 4 rings (SSSR count). The highest BCUT2D eigenvalue weighted by Gasteiger charge is 2.48. The molecule has 0 heterocycles. The molecule has 0 radical (unpaired) electrons. The molecule has 0 aromatic heterocycles. The Balaban J connectivity index is 1.82. The van der Waals surface area contributed by atoms with E-state index in [1.807, 2.05) is 6.08 Å². The van der Waals surface area contributed by atoms with Gasteiger partial charge in [-0.2, -0.15) is 0 Å². The Hall–Kier alpha value is -2.34. The predicted octanol–water partition coefficient (Wildman–Crippen LogP) is 6.05. The molecule has 1 fully saturated rings. The van der Waals surface area contributed by atoms with Crippen molar-refractivity contribution in [3.05, 3.63) is 96.6 Å². The highest BCUT2D eigenvalue weighted by molar-refractivity contribution is 5.81. The minimum atomic E-state index is 0.119. The second kappa shape index (κ2) is 5.38. The van der Waals surface area contributed by atoms with Crippen LogP contribution >= 0.6 is 0 Å². The Morgan fingerprint density at radius 3 is 2.22 bits per heavy atom. The van der Waals surface area contributed by atoms with Gasteiger partial charge in [-0.25, -0.2) is 0 Å². The van der Waals surface area contributed by atoms with Crippen molar-refractivity contribution in [3.8, 4) is 11.1 Å². The van der Waals surface area contributed by atoms with E-state index in [2.05, 4.69) is 73.8 Å². The molecule has 0 amide bonds. The summed E-state index contributed by atoms with van der Waals surface area (Å²) in [5.74, 6) is 0.467. The van der Waals surface area contributed by atoms with Crippen LogP contribution in [0.5, 0.6) is 0 Å². The SMILES string of the molecule is C=CC/C=C/C1CC2(CC1=C)c1ccccc1-c1ccccc12. The maximum absolute atomic E-state index is 4.40. The van der Waals surface area contributed by atoms with Crippen LogP contribution in [0.25, 0.3) is 11.1 Å². The van der Waals surface area contributed by atoms with Crippen molar-refractivity contribution < 1.29 is 0 Å². The third-order valence-corrected chi connectivity index (χ3v) is 5.47. The van der Waals surface area contributed by atoms with Crippen LogP contribution in [0, 0.1) is 5.92 Å². The van der Waals surface area contributed by atoms with Gasteiger partial charge >= 0.3 is 0 Å². The van der Waals surface area contributed by atoms with E-state index < -0.39 is 0 Å². The van der Waals surface area contributed by atoms with Crippen LogP contribution in [0.4, 0.5) is 0 Å².